The van der Waals surface area contributed by atoms with Crippen LogP contribution in [0.25, 0.3) is 0 Å². The molecule has 0 spiro atoms. The molecule has 1 aliphatic heterocycles. The fourth-order valence-electron chi connectivity index (χ4n) is 3.21. The summed E-state index contributed by atoms with van der Waals surface area (Å²) in [5, 5.41) is 3.44. The molecule has 1 unspecified atom stereocenters. The third-order valence-corrected chi connectivity index (χ3v) is 5.94. The van der Waals surface area contributed by atoms with Crippen molar-refractivity contribution in [2.75, 3.05) is 39.4 Å². The van der Waals surface area contributed by atoms with Crippen molar-refractivity contribution < 1.29 is 9.47 Å². The molecule has 3 rings (SSSR count). The summed E-state index contributed by atoms with van der Waals surface area (Å²) in [6.07, 6.45) is 0. The van der Waals surface area contributed by atoms with E-state index in [1.807, 2.05) is 19.9 Å². The molecular weight excluding hydrogens is 400 g/mol. The normalized spacial score (nSPS) is 16.6. The largest absolute Gasteiger partial charge is 0.490 e. The monoisotopic (exact) mass is 424 g/mol. The van der Waals surface area contributed by atoms with E-state index in [1.165, 1.54) is 14.2 Å². The summed E-state index contributed by atoms with van der Waals surface area (Å²) in [6, 6.07) is 11.0. The molecule has 136 valence electrons. The van der Waals surface area contributed by atoms with Gasteiger partial charge in [0.2, 0.25) is 0 Å². The predicted molar refractivity (Wildman–Crippen MR) is 107 cm³/mol. The van der Waals surface area contributed by atoms with Gasteiger partial charge in [-0.05, 0) is 59.6 Å². The number of rotatable bonds is 7. The van der Waals surface area contributed by atoms with Crippen LogP contribution in [0.5, 0.6) is 11.5 Å². The highest BCUT2D eigenvalue weighted by molar-refractivity contribution is 9.11. The Morgan fingerprint density at radius 1 is 1.08 bits per heavy atom. The first-order chi connectivity index (χ1) is 12.2. The molecule has 1 fully saturated rings. The Bertz CT molecular complexity index is 686. The van der Waals surface area contributed by atoms with Gasteiger partial charge < -0.3 is 14.8 Å². The van der Waals surface area contributed by atoms with Gasteiger partial charge in [-0.1, -0.05) is 6.07 Å². The third-order valence-electron chi connectivity index (χ3n) is 4.26. The maximum atomic E-state index is 5.85. The SMILES string of the molecule is CCOc1ccc(C(c2ccc(Br)s2)N2CCNCC2)cc1OCC. The van der Waals surface area contributed by atoms with E-state index in [2.05, 4.69) is 50.4 Å². The molecule has 1 aliphatic rings. The number of nitrogens with one attached hydrogen (secondary N) is 1. The summed E-state index contributed by atoms with van der Waals surface area (Å²) >= 11 is 5.41. The van der Waals surface area contributed by atoms with Gasteiger partial charge in [0.25, 0.3) is 0 Å². The lowest BCUT2D eigenvalue weighted by molar-refractivity contribution is 0.200. The molecular formula is C19H25BrN2O2S. The van der Waals surface area contributed by atoms with Crippen LogP contribution in [0.2, 0.25) is 0 Å². The number of halogens is 1. The van der Waals surface area contributed by atoms with Crippen LogP contribution in [0.15, 0.2) is 34.1 Å². The molecule has 0 amide bonds. The van der Waals surface area contributed by atoms with Crippen LogP contribution in [-0.4, -0.2) is 44.3 Å². The van der Waals surface area contributed by atoms with Gasteiger partial charge in [-0.25, -0.2) is 0 Å². The number of thiophene rings is 1. The fraction of sp³-hybridized carbons (Fsp3) is 0.474. The van der Waals surface area contributed by atoms with Crippen molar-refractivity contribution in [3.05, 3.63) is 44.6 Å². The second-order valence-electron chi connectivity index (χ2n) is 5.90. The summed E-state index contributed by atoms with van der Waals surface area (Å²) < 4.78 is 12.7. The maximum absolute atomic E-state index is 5.85. The zero-order valence-corrected chi connectivity index (χ0v) is 17.2. The van der Waals surface area contributed by atoms with Crippen LogP contribution in [0, 0.1) is 0 Å². The van der Waals surface area contributed by atoms with Crippen molar-refractivity contribution in [1.29, 1.82) is 0 Å². The summed E-state index contributed by atoms with van der Waals surface area (Å²) in [5.41, 5.74) is 1.25. The molecule has 1 atom stereocenters. The van der Waals surface area contributed by atoms with Gasteiger partial charge >= 0.3 is 0 Å². The predicted octanol–water partition coefficient (Wildman–Crippen LogP) is 4.30. The summed E-state index contributed by atoms with van der Waals surface area (Å²) in [7, 11) is 0. The van der Waals surface area contributed by atoms with E-state index < -0.39 is 0 Å². The second kappa shape index (κ2) is 9.03. The Labute approximate surface area is 162 Å². The Kier molecular flexibility index (Phi) is 6.76. The lowest BCUT2D eigenvalue weighted by Crippen LogP contribution is -2.45. The van der Waals surface area contributed by atoms with Gasteiger partial charge in [-0.3, -0.25) is 4.90 Å². The van der Waals surface area contributed by atoms with Gasteiger partial charge in [0.15, 0.2) is 11.5 Å². The number of hydrogen-bond donors (Lipinski definition) is 1. The highest BCUT2D eigenvalue weighted by Gasteiger charge is 2.26. The molecule has 6 heteroatoms. The summed E-state index contributed by atoms with van der Waals surface area (Å²) in [6.45, 7) is 9.40. The number of nitrogens with zero attached hydrogens (tertiary/aromatic N) is 1. The Hall–Kier alpha value is -1.08. The molecule has 1 aromatic carbocycles. The molecule has 1 N–H and O–H groups in total. The van der Waals surface area contributed by atoms with Gasteiger partial charge in [-0.15, -0.1) is 11.3 Å². The van der Waals surface area contributed by atoms with Crippen LogP contribution < -0.4 is 14.8 Å². The van der Waals surface area contributed by atoms with Crippen molar-refractivity contribution in [3.63, 3.8) is 0 Å². The number of benzene rings is 1. The Balaban J connectivity index is 1.98. The van der Waals surface area contributed by atoms with Gasteiger partial charge in [-0.2, -0.15) is 0 Å². The van der Waals surface area contributed by atoms with Gasteiger partial charge in [0.05, 0.1) is 23.0 Å². The van der Waals surface area contributed by atoms with Crippen LogP contribution >= 0.6 is 27.3 Å². The molecule has 0 bridgehead atoms. The zero-order valence-electron chi connectivity index (χ0n) is 14.8. The average molecular weight is 425 g/mol. The minimum Gasteiger partial charge on any atom is -0.490 e. The minimum absolute atomic E-state index is 0.244. The second-order valence-corrected chi connectivity index (χ2v) is 8.40. The molecule has 0 radical (unpaired) electrons. The topological polar surface area (TPSA) is 33.7 Å². The standard InChI is InChI=1S/C19H25BrN2O2S/c1-3-23-15-6-5-14(13-16(15)24-4-2)19(17-7-8-18(20)25-17)22-11-9-21-10-12-22/h5-8,13,19,21H,3-4,9-12H2,1-2H3. The van der Waals surface area contributed by atoms with Crippen molar-refractivity contribution in [3.8, 4) is 11.5 Å². The lowest BCUT2D eigenvalue weighted by Gasteiger charge is -2.35. The van der Waals surface area contributed by atoms with Crippen molar-refractivity contribution in [2.24, 2.45) is 0 Å². The Morgan fingerprint density at radius 2 is 1.80 bits per heavy atom. The van der Waals surface area contributed by atoms with Crippen molar-refractivity contribution >= 4 is 27.3 Å². The summed E-state index contributed by atoms with van der Waals surface area (Å²) in [4.78, 5) is 3.89. The maximum Gasteiger partial charge on any atom is 0.161 e. The van der Waals surface area contributed by atoms with Crippen molar-refractivity contribution in [2.45, 2.75) is 19.9 Å². The molecule has 25 heavy (non-hydrogen) atoms. The van der Waals surface area contributed by atoms with Crippen LogP contribution in [0.1, 0.15) is 30.3 Å². The first-order valence-corrected chi connectivity index (χ1v) is 10.4. The molecule has 1 aromatic heterocycles. The molecule has 0 saturated carbocycles. The molecule has 2 aromatic rings. The molecule has 1 saturated heterocycles. The molecule has 0 aliphatic carbocycles. The lowest BCUT2D eigenvalue weighted by atomic mass is 10.0. The minimum atomic E-state index is 0.244. The third kappa shape index (κ3) is 4.56. The van der Waals surface area contributed by atoms with E-state index in [1.54, 1.807) is 11.3 Å². The van der Waals surface area contributed by atoms with E-state index in [-0.39, 0.29) is 6.04 Å². The first kappa shape index (κ1) is 18.7. The van der Waals surface area contributed by atoms with Crippen LogP contribution in [0.4, 0.5) is 0 Å². The molecule has 4 nitrogen and oxygen atoms in total. The van der Waals surface area contributed by atoms with Crippen LogP contribution in [0.3, 0.4) is 0 Å². The number of ether oxygens (including phenoxy) is 2. The molecule has 2 heterocycles. The highest BCUT2D eigenvalue weighted by atomic mass is 79.9. The van der Waals surface area contributed by atoms with E-state index >= 15 is 0 Å². The first-order valence-electron chi connectivity index (χ1n) is 8.82. The van der Waals surface area contributed by atoms with E-state index in [0.717, 1.165) is 37.7 Å². The van der Waals surface area contributed by atoms with E-state index in [0.29, 0.717) is 13.2 Å². The highest BCUT2D eigenvalue weighted by Crippen LogP contribution is 2.39. The Morgan fingerprint density at radius 3 is 2.44 bits per heavy atom. The summed E-state index contributed by atoms with van der Waals surface area (Å²) in [5.74, 6) is 1.65. The number of piperazine rings is 1. The van der Waals surface area contributed by atoms with E-state index in [9.17, 15) is 0 Å². The smallest absolute Gasteiger partial charge is 0.161 e. The zero-order chi connectivity index (χ0) is 17.6. The van der Waals surface area contributed by atoms with Crippen molar-refractivity contribution in [1.82, 2.24) is 10.2 Å². The number of hydrogen-bond acceptors (Lipinski definition) is 5. The van der Waals surface area contributed by atoms with Crippen LogP contribution in [-0.2, 0) is 0 Å². The van der Waals surface area contributed by atoms with E-state index in [4.69, 9.17) is 9.47 Å². The van der Waals surface area contributed by atoms with Gasteiger partial charge in [0.1, 0.15) is 0 Å². The quantitative estimate of drug-likeness (QED) is 0.717. The average Bonchev–Trinajstić information content (AvgIpc) is 3.05. The fourth-order valence-corrected chi connectivity index (χ4v) is 4.80. The van der Waals surface area contributed by atoms with Gasteiger partial charge in [0, 0.05) is 31.1 Å².